The summed E-state index contributed by atoms with van der Waals surface area (Å²) in [5.41, 5.74) is -1.14. The molecule has 1 unspecified atom stereocenters. The van der Waals surface area contributed by atoms with Gasteiger partial charge in [-0.25, -0.2) is 4.39 Å². The topological polar surface area (TPSA) is 49.8 Å². The van der Waals surface area contributed by atoms with Gasteiger partial charge in [0.15, 0.2) is 0 Å². The Morgan fingerprint density at radius 1 is 1.43 bits per heavy atom. The Labute approximate surface area is 117 Å². The molecule has 1 aliphatic rings. The normalized spacial score (nSPS) is 20.5. The lowest BCUT2D eigenvalue weighted by molar-refractivity contribution is -0.150. The van der Waals surface area contributed by atoms with Gasteiger partial charge in [-0.3, -0.25) is 9.69 Å². The Balaban J connectivity index is 2.21. The van der Waals surface area contributed by atoms with E-state index < -0.39 is 29.6 Å². The lowest BCUT2D eigenvalue weighted by Crippen LogP contribution is -2.49. The van der Waals surface area contributed by atoms with Gasteiger partial charge < -0.3 is 9.84 Å². The summed E-state index contributed by atoms with van der Waals surface area (Å²) in [5.74, 6) is -2.45. The third-order valence-corrected chi connectivity index (χ3v) is 3.25. The third kappa shape index (κ3) is 3.70. The van der Waals surface area contributed by atoms with Crippen LogP contribution >= 0.6 is 0 Å². The van der Waals surface area contributed by atoms with Gasteiger partial charge in [0.05, 0.1) is 18.8 Å². The number of carbonyl (C=O) groups is 1. The van der Waals surface area contributed by atoms with E-state index in [0.29, 0.717) is 12.7 Å². The molecular formula is C13H13F4NO3. The van der Waals surface area contributed by atoms with Gasteiger partial charge in [0.2, 0.25) is 0 Å². The molecule has 1 atom stereocenters. The molecule has 1 aromatic carbocycles. The average molecular weight is 307 g/mol. The smallest absolute Gasteiger partial charge is 0.419 e. The minimum atomic E-state index is -4.78. The standard InChI is InChI=1S/C13H13F4NO3/c14-10-2-1-8(5-9(10)13(15,16)17)6-18-3-4-21-7-11(18)12(19)20/h1-2,5,11H,3-4,6-7H2,(H,19,20). The van der Waals surface area contributed by atoms with E-state index >= 15 is 0 Å². The number of halogens is 4. The van der Waals surface area contributed by atoms with Crippen molar-refractivity contribution in [2.75, 3.05) is 19.8 Å². The number of nitrogens with zero attached hydrogens (tertiary/aromatic N) is 1. The molecule has 1 N–H and O–H groups in total. The maximum absolute atomic E-state index is 13.2. The second-order valence-electron chi connectivity index (χ2n) is 4.71. The third-order valence-electron chi connectivity index (χ3n) is 3.25. The highest BCUT2D eigenvalue weighted by atomic mass is 19.4. The first kappa shape index (κ1) is 15.7. The maximum atomic E-state index is 13.2. The van der Waals surface area contributed by atoms with E-state index in [2.05, 4.69) is 0 Å². The van der Waals surface area contributed by atoms with Crippen molar-refractivity contribution >= 4 is 5.97 Å². The van der Waals surface area contributed by atoms with Crippen molar-refractivity contribution in [3.05, 3.63) is 35.1 Å². The first-order valence-corrected chi connectivity index (χ1v) is 6.19. The highest BCUT2D eigenvalue weighted by Gasteiger charge is 2.35. The van der Waals surface area contributed by atoms with Gasteiger partial charge in [-0.2, -0.15) is 13.2 Å². The molecule has 8 heteroatoms. The number of carboxylic acids is 1. The van der Waals surface area contributed by atoms with Crippen molar-refractivity contribution in [1.29, 1.82) is 0 Å². The maximum Gasteiger partial charge on any atom is 0.419 e. The summed E-state index contributed by atoms with van der Waals surface area (Å²) in [5, 5.41) is 9.05. The molecule has 0 bridgehead atoms. The summed E-state index contributed by atoms with van der Waals surface area (Å²) < 4.78 is 56.2. The number of morpholine rings is 1. The molecule has 1 aromatic rings. The summed E-state index contributed by atoms with van der Waals surface area (Å²) >= 11 is 0. The van der Waals surface area contributed by atoms with Crippen LogP contribution in [0, 0.1) is 5.82 Å². The molecule has 0 saturated carbocycles. The van der Waals surface area contributed by atoms with Gasteiger partial charge in [0.1, 0.15) is 11.9 Å². The zero-order valence-corrected chi connectivity index (χ0v) is 10.9. The second-order valence-corrected chi connectivity index (χ2v) is 4.71. The quantitative estimate of drug-likeness (QED) is 0.869. The number of rotatable bonds is 3. The fourth-order valence-electron chi connectivity index (χ4n) is 2.18. The lowest BCUT2D eigenvalue weighted by Gasteiger charge is -2.32. The van der Waals surface area contributed by atoms with Crippen LogP contribution < -0.4 is 0 Å². The van der Waals surface area contributed by atoms with Crippen molar-refractivity contribution in [1.82, 2.24) is 4.90 Å². The van der Waals surface area contributed by atoms with Crippen LogP contribution in [0.1, 0.15) is 11.1 Å². The summed E-state index contributed by atoms with van der Waals surface area (Å²) in [6, 6.07) is 1.76. The molecule has 4 nitrogen and oxygen atoms in total. The summed E-state index contributed by atoms with van der Waals surface area (Å²) in [6.07, 6.45) is -4.78. The SMILES string of the molecule is O=C(O)C1COCCN1Cc1ccc(F)c(C(F)(F)F)c1. The van der Waals surface area contributed by atoms with Crippen molar-refractivity contribution in [3.8, 4) is 0 Å². The zero-order valence-electron chi connectivity index (χ0n) is 10.9. The Morgan fingerprint density at radius 3 is 2.76 bits per heavy atom. The Bertz CT molecular complexity index is 533. The number of benzene rings is 1. The van der Waals surface area contributed by atoms with Crippen LogP contribution in [0.5, 0.6) is 0 Å². The van der Waals surface area contributed by atoms with Crippen LogP contribution in [-0.2, 0) is 22.3 Å². The summed E-state index contributed by atoms with van der Waals surface area (Å²) in [7, 11) is 0. The number of alkyl halides is 3. The van der Waals surface area contributed by atoms with E-state index in [9.17, 15) is 22.4 Å². The van der Waals surface area contributed by atoms with E-state index in [0.717, 1.165) is 6.07 Å². The average Bonchev–Trinajstić information content (AvgIpc) is 2.40. The molecule has 0 radical (unpaired) electrons. The molecule has 1 aliphatic heterocycles. The molecule has 0 spiro atoms. The van der Waals surface area contributed by atoms with Crippen LogP contribution in [0.3, 0.4) is 0 Å². The van der Waals surface area contributed by atoms with E-state index in [1.807, 2.05) is 0 Å². The fraction of sp³-hybridized carbons (Fsp3) is 0.462. The lowest BCUT2D eigenvalue weighted by atomic mass is 10.1. The van der Waals surface area contributed by atoms with Crippen molar-refractivity contribution in [2.45, 2.75) is 18.8 Å². The van der Waals surface area contributed by atoms with Gasteiger partial charge in [-0.05, 0) is 17.7 Å². The molecule has 0 amide bonds. The van der Waals surface area contributed by atoms with Gasteiger partial charge >= 0.3 is 12.1 Å². The second kappa shape index (κ2) is 5.98. The highest BCUT2D eigenvalue weighted by molar-refractivity contribution is 5.73. The number of aliphatic carboxylic acids is 1. The molecule has 1 fully saturated rings. The molecule has 0 aliphatic carbocycles. The van der Waals surface area contributed by atoms with Crippen molar-refractivity contribution in [2.24, 2.45) is 0 Å². The van der Waals surface area contributed by atoms with E-state index in [4.69, 9.17) is 9.84 Å². The van der Waals surface area contributed by atoms with E-state index in [1.165, 1.54) is 11.0 Å². The summed E-state index contributed by atoms with van der Waals surface area (Å²) in [6.45, 7) is 0.555. The predicted molar refractivity (Wildman–Crippen MR) is 64.1 cm³/mol. The van der Waals surface area contributed by atoms with Gasteiger partial charge in [-0.15, -0.1) is 0 Å². The van der Waals surface area contributed by atoms with Crippen LogP contribution in [-0.4, -0.2) is 41.8 Å². The van der Waals surface area contributed by atoms with Gasteiger partial charge in [-0.1, -0.05) is 6.07 Å². The van der Waals surface area contributed by atoms with E-state index in [1.54, 1.807) is 0 Å². The Hall–Kier alpha value is -1.67. The minimum Gasteiger partial charge on any atom is -0.480 e. The molecule has 21 heavy (non-hydrogen) atoms. The molecule has 2 rings (SSSR count). The van der Waals surface area contributed by atoms with E-state index in [-0.39, 0.29) is 25.3 Å². The van der Waals surface area contributed by atoms with Crippen molar-refractivity contribution in [3.63, 3.8) is 0 Å². The van der Waals surface area contributed by atoms with Crippen LogP contribution in [0.2, 0.25) is 0 Å². The number of hydrogen-bond acceptors (Lipinski definition) is 3. The highest BCUT2D eigenvalue weighted by Crippen LogP contribution is 2.32. The zero-order chi connectivity index (χ0) is 15.6. The van der Waals surface area contributed by atoms with Crippen molar-refractivity contribution < 1.29 is 32.2 Å². The minimum absolute atomic E-state index is 0.0102. The number of ether oxygens (including phenoxy) is 1. The molecule has 1 heterocycles. The van der Waals surface area contributed by atoms with Crippen LogP contribution in [0.15, 0.2) is 18.2 Å². The monoisotopic (exact) mass is 307 g/mol. The first-order valence-electron chi connectivity index (χ1n) is 6.19. The van der Waals surface area contributed by atoms with Gasteiger partial charge in [0, 0.05) is 13.1 Å². The Kier molecular flexibility index (Phi) is 4.48. The largest absolute Gasteiger partial charge is 0.480 e. The fourth-order valence-corrected chi connectivity index (χ4v) is 2.18. The summed E-state index contributed by atoms with van der Waals surface area (Å²) in [4.78, 5) is 12.6. The molecule has 1 saturated heterocycles. The number of carboxylic acid groups (broad SMARTS) is 1. The number of hydrogen-bond donors (Lipinski definition) is 1. The predicted octanol–water partition coefficient (Wildman–Crippen LogP) is 2.13. The van der Waals surface area contributed by atoms with Gasteiger partial charge in [0.25, 0.3) is 0 Å². The Morgan fingerprint density at radius 2 is 2.14 bits per heavy atom. The molecular weight excluding hydrogens is 294 g/mol. The van der Waals surface area contributed by atoms with Crippen LogP contribution in [0.4, 0.5) is 17.6 Å². The van der Waals surface area contributed by atoms with Crippen LogP contribution in [0.25, 0.3) is 0 Å². The molecule has 0 aromatic heterocycles. The molecule has 116 valence electrons. The first-order chi connectivity index (χ1) is 9.79.